The molecule has 0 aliphatic heterocycles. The third kappa shape index (κ3) is 4.53. The van der Waals surface area contributed by atoms with Crippen molar-refractivity contribution in [3.05, 3.63) is 28.8 Å². The molecule has 0 saturated heterocycles. The van der Waals surface area contributed by atoms with Crippen molar-refractivity contribution in [1.29, 1.82) is 0 Å². The second kappa shape index (κ2) is 7.46. The highest BCUT2D eigenvalue weighted by atomic mass is 16.4. The Labute approximate surface area is 149 Å². The summed E-state index contributed by atoms with van der Waals surface area (Å²) >= 11 is 0. The molecule has 0 aliphatic rings. The van der Waals surface area contributed by atoms with E-state index in [1.165, 1.54) is 0 Å². The normalized spacial score (nSPS) is 13.5. The van der Waals surface area contributed by atoms with E-state index in [-0.39, 0.29) is 16.6 Å². The van der Waals surface area contributed by atoms with E-state index < -0.39 is 24.3 Å². The van der Waals surface area contributed by atoms with Crippen LogP contribution in [0.2, 0.25) is 0 Å². The highest BCUT2D eigenvalue weighted by Gasteiger charge is 2.33. The van der Waals surface area contributed by atoms with Crippen LogP contribution in [-0.4, -0.2) is 27.3 Å². The molecular weight excluding hydrogens is 320 g/mol. The van der Waals surface area contributed by atoms with Gasteiger partial charge in [0.1, 0.15) is 5.75 Å². The minimum Gasteiger partial charge on any atom is -0.507 e. The lowest BCUT2D eigenvalue weighted by Crippen LogP contribution is -2.23. The molecule has 0 amide bonds. The molecule has 5 nitrogen and oxygen atoms in total. The summed E-state index contributed by atoms with van der Waals surface area (Å²) in [7, 11) is 0. The quantitative estimate of drug-likeness (QED) is 0.645. The molecule has 0 saturated carbocycles. The first-order valence-electron chi connectivity index (χ1n) is 8.69. The van der Waals surface area contributed by atoms with Crippen molar-refractivity contribution in [2.75, 3.05) is 0 Å². The number of aromatic hydroxyl groups is 1. The summed E-state index contributed by atoms with van der Waals surface area (Å²) in [5.74, 6) is -3.29. The van der Waals surface area contributed by atoms with Crippen LogP contribution in [0.15, 0.2) is 12.1 Å². The molecule has 0 spiro atoms. The van der Waals surface area contributed by atoms with Crippen LogP contribution in [0.4, 0.5) is 0 Å². The highest BCUT2D eigenvalue weighted by molar-refractivity contribution is 5.82. The van der Waals surface area contributed by atoms with E-state index in [1.54, 1.807) is 12.1 Å². The summed E-state index contributed by atoms with van der Waals surface area (Å²) in [6.45, 7) is 12.0. The smallest absolute Gasteiger partial charge is 0.311 e. The van der Waals surface area contributed by atoms with Crippen LogP contribution < -0.4 is 0 Å². The van der Waals surface area contributed by atoms with Crippen LogP contribution in [0.3, 0.4) is 0 Å². The van der Waals surface area contributed by atoms with E-state index in [4.69, 9.17) is 5.11 Å². The molecule has 0 aromatic heterocycles. The number of hydrogen-bond acceptors (Lipinski definition) is 3. The Hall–Kier alpha value is -2.04. The molecule has 0 fully saturated rings. The Balaban J connectivity index is 3.74. The van der Waals surface area contributed by atoms with Gasteiger partial charge in [0.25, 0.3) is 0 Å². The van der Waals surface area contributed by atoms with Gasteiger partial charge in [-0.05, 0) is 29.2 Å². The molecule has 0 aliphatic carbocycles. The van der Waals surface area contributed by atoms with Crippen molar-refractivity contribution >= 4 is 11.9 Å². The van der Waals surface area contributed by atoms with Crippen LogP contribution in [-0.2, 0) is 20.4 Å². The molecule has 0 heterocycles. The monoisotopic (exact) mass is 350 g/mol. The molecule has 1 unspecified atom stereocenters. The van der Waals surface area contributed by atoms with Crippen LogP contribution in [0.25, 0.3) is 0 Å². The zero-order chi connectivity index (χ0) is 19.6. The Morgan fingerprint density at radius 2 is 1.36 bits per heavy atom. The van der Waals surface area contributed by atoms with Gasteiger partial charge in [0, 0.05) is 11.1 Å². The summed E-state index contributed by atoms with van der Waals surface area (Å²) in [5, 5.41) is 29.5. The fraction of sp³-hybridized carbons (Fsp3) is 0.600. The predicted octanol–water partition coefficient (Wildman–Crippen LogP) is 4.41. The highest BCUT2D eigenvalue weighted by Crippen LogP contribution is 2.43. The van der Waals surface area contributed by atoms with Gasteiger partial charge in [-0.15, -0.1) is 0 Å². The number of hydrogen-bond donors (Lipinski definition) is 3. The molecule has 5 heteroatoms. The maximum Gasteiger partial charge on any atom is 0.311 e. The summed E-state index contributed by atoms with van der Waals surface area (Å²) in [5.41, 5.74) is 1.05. The Bertz CT molecular complexity index is 621. The van der Waals surface area contributed by atoms with Crippen LogP contribution in [0.1, 0.15) is 83.4 Å². The van der Waals surface area contributed by atoms with E-state index in [9.17, 15) is 19.8 Å². The lowest BCUT2D eigenvalue weighted by atomic mass is 9.73. The molecule has 1 atom stereocenters. The minimum atomic E-state index is -1.17. The van der Waals surface area contributed by atoms with Crippen molar-refractivity contribution in [1.82, 2.24) is 0 Å². The summed E-state index contributed by atoms with van der Waals surface area (Å²) in [6, 6.07) is 3.32. The number of aliphatic carboxylic acids is 2. The van der Waals surface area contributed by atoms with E-state index in [2.05, 4.69) is 0 Å². The first-order chi connectivity index (χ1) is 11.4. The van der Waals surface area contributed by atoms with Crippen LogP contribution in [0.5, 0.6) is 5.75 Å². The number of carboxylic acid groups (broad SMARTS) is 2. The van der Waals surface area contributed by atoms with E-state index >= 15 is 0 Å². The van der Waals surface area contributed by atoms with Crippen LogP contribution in [0, 0.1) is 0 Å². The van der Waals surface area contributed by atoms with Gasteiger partial charge in [0.05, 0.1) is 12.3 Å². The zero-order valence-electron chi connectivity index (χ0n) is 16.0. The van der Waals surface area contributed by atoms with Crippen molar-refractivity contribution in [2.45, 2.75) is 77.6 Å². The SMILES string of the molecule is CCC(C)(C)c1cc(C(CC(=O)O)C(=O)O)cc(C(C)(C)CC)c1O. The number of benzene rings is 1. The second-order valence-electron chi connectivity index (χ2n) is 7.93. The molecule has 1 aromatic rings. The van der Waals surface area contributed by atoms with Gasteiger partial charge >= 0.3 is 11.9 Å². The van der Waals surface area contributed by atoms with Crippen molar-refractivity contribution in [2.24, 2.45) is 0 Å². The Morgan fingerprint density at radius 1 is 0.960 bits per heavy atom. The average Bonchev–Trinajstić information content (AvgIpc) is 2.52. The van der Waals surface area contributed by atoms with Gasteiger partial charge in [-0.3, -0.25) is 9.59 Å². The first-order valence-corrected chi connectivity index (χ1v) is 8.69. The first kappa shape index (κ1) is 21.0. The lowest BCUT2D eigenvalue weighted by molar-refractivity contribution is -0.145. The van der Waals surface area contributed by atoms with Crippen molar-refractivity contribution in [3.8, 4) is 5.75 Å². The summed E-state index contributed by atoms with van der Waals surface area (Å²) < 4.78 is 0. The third-order valence-corrected chi connectivity index (χ3v) is 5.44. The Kier molecular flexibility index (Phi) is 6.27. The lowest BCUT2D eigenvalue weighted by Gasteiger charge is -2.32. The van der Waals surface area contributed by atoms with Crippen LogP contribution >= 0.6 is 0 Å². The predicted molar refractivity (Wildman–Crippen MR) is 97.4 cm³/mol. The fourth-order valence-electron chi connectivity index (χ4n) is 2.79. The number of phenols is 1. The standard InChI is InChI=1S/C20H30O5/c1-7-19(3,4)14-9-12(13(18(24)25)11-16(21)22)10-15(17(14)23)20(5,6)8-2/h9-10,13,23H,7-8,11H2,1-6H3,(H,21,22)(H,24,25). The average molecular weight is 350 g/mol. The maximum atomic E-state index is 11.7. The van der Waals surface area contributed by atoms with Gasteiger partial charge in [0.2, 0.25) is 0 Å². The molecule has 1 rings (SSSR count). The van der Waals surface area contributed by atoms with Crippen molar-refractivity contribution < 1.29 is 24.9 Å². The van der Waals surface area contributed by atoms with Gasteiger partial charge in [-0.1, -0.05) is 53.7 Å². The summed E-state index contributed by atoms with van der Waals surface area (Å²) in [6.07, 6.45) is 1.03. The van der Waals surface area contributed by atoms with Gasteiger partial charge < -0.3 is 15.3 Å². The van der Waals surface area contributed by atoms with E-state index in [1.807, 2.05) is 41.5 Å². The van der Waals surface area contributed by atoms with E-state index in [0.29, 0.717) is 16.7 Å². The second-order valence-corrected chi connectivity index (χ2v) is 7.93. The topological polar surface area (TPSA) is 94.8 Å². The maximum absolute atomic E-state index is 11.7. The number of carboxylic acids is 2. The molecule has 0 radical (unpaired) electrons. The minimum absolute atomic E-state index is 0.182. The molecule has 140 valence electrons. The molecule has 0 bridgehead atoms. The Morgan fingerprint density at radius 3 is 1.64 bits per heavy atom. The molecular formula is C20H30O5. The van der Waals surface area contributed by atoms with Gasteiger partial charge in [0.15, 0.2) is 0 Å². The van der Waals surface area contributed by atoms with E-state index in [0.717, 1.165) is 12.8 Å². The number of phenolic OH excluding ortho intramolecular Hbond substituents is 1. The van der Waals surface area contributed by atoms with Gasteiger partial charge in [-0.2, -0.15) is 0 Å². The molecule has 1 aromatic carbocycles. The zero-order valence-corrected chi connectivity index (χ0v) is 16.0. The van der Waals surface area contributed by atoms with Gasteiger partial charge in [-0.25, -0.2) is 0 Å². The largest absolute Gasteiger partial charge is 0.507 e. The summed E-state index contributed by atoms with van der Waals surface area (Å²) in [4.78, 5) is 22.8. The van der Waals surface area contributed by atoms with Crippen molar-refractivity contribution in [3.63, 3.8) is 0 Å². The number of carbonyl (C=O) groups is 2. The third-order valence-electron chi connectivity index (χ3n) is 5.44. The molecule has 3 N–H and O–H groups in total. The number of rotatable bonds is 8. The fourth-order valence-corrected chi connectivity index (χ4v) is 2.79. The molecule has 25 heavy (non-hydrogen) atoms.